The molecule has 0 saturated carbocycles. The van der Waals surface area contributed by atoms with Crippen molar-refractivity contribution in [2.24, 2.45) is 0 Å². The maximum Gasteiger partial charge on any atom is 0.224 e. The Hall–Kier alpha value is -2.36. The first-order valence-electron chi connectivity index (χ1n) is 8.94. The summed E-state index contributed by atoms with van der Waals surface area (Å²) in [7, 11) is 0. The second kappa shape index (κ2) is 7.68. The van der Waals surface area contributed by atoms with Crippen molar-refractivity contribution in [1.29, 1.82) is 0 Å². The number of para-hydroxylation sites is 1. The van der Waals surface area contributed by atoms with E-state index in [2.05, 4.69) is 42.3 Å². The zero-order chi connectivity index (χ0) is 17.8. The molecule has 0 bridgehead atoms. The summed E-state index contributed by atoms with van der Waals surface area (Å²) >= 11 is 0. The van der Waals surface area contributed by atoms with Gasteiger partial charge in [-0.15, -0.1) is 0 Å². The quantitative estimate of drug-likeness (QED) is 0.862. The van der Waals surface area contributed by atoms with Gasteiger partial charge in [-0.05, 0) is 56.4 Å². The van der Waals surface area contributed by atoms with Crippen LogP contribution in [0.5, 0.6) is 0 Å². The van der Waals surface area contributed by atoms with Crippen LogP contribution in [0.15, 0.2) is 36.4 Å². The van der Waals surface area contributed by atoms with Crippen molar-refractivity contribution in [3.63, 3.8) is 0 Å². The third-order valence-corrected chi connectivity index (χ3v) is 4.82. The van der Waals surface area contributed by atoms with Crippen molar-refractivity contribution in [3.05, 3.63) is 58.9 Å². The van der Waals surface area contributed by atoms with Gasteiger partial charge in [-0.3, -0.25) is 4.79 Å². The molecule has 4 heteroatoms. The number of hydrogen-bond donors (Lipinski definition) is 1. The second-order valence-corrected chi connectivity index (χ2v) is 6.81. The van der Waals surface area contributed by atoms with Crippen molar-refractivity contribution < 1.29 is 9.18 Å². The van der Waals surface area contributed by atoms with Crippen LogP contribution in [0.3, 0.4) is 0 Å². The van der Waals surface area contributed by atoms with Crippen molar-refractivity contribution >= 4 is 17.3 Å². The number of nitrogens with zero attached hydrogens (tertiary/aromatic N) is 1. The predicted molar refractivity (Wildman–Crippen MR) is 101 cm³/mol. The summed E-state index contributed by atoms with van der Waals surface area (Å²) in [6.07, 6.45) is 3.22. The smallest absolute Gasteiger partial charge is 0.224 e. The highest BCUT2D eigenvalue weighted by molar-refractivity contribution is 5.94. The molecule has 0 spiro atoms. The van der Waals surface area contributed by atoms with Crippen LogP contribution in [0, 0.1) is 19.7 Å². The van der Waals surface area contributed by atoms with E-state index in [0.717, 1.165) is 37.2 Å². The third kappa shape index (κ3) is 4.19. The Bertz CT molecular complexity index is 766. The van der Waals surface area contributed by atoms with Gasteiger partial charge in [-0.25, -0.2) is 4.39 Å². The first kappa shape index (κ1) is 17.5. The molecule has 3 nitrogen and oxygen atoms in total. The lowest BCUT2D eigenvalue weighted by Gasteiger charge is -2.22. The average molecular weight is 340 g/mol. The Morgan fingerprint density at radius 1 is 1.16 bits per heavy atom. The largest absolute Gasteiger partial charge is 0.370 e. The number of aryl methyl sites for hydroxylation is 3. The van der Waals surface area contributed by atoms with Gasteiger partial charge in [0.1, 0.15) is 11.5 Å². The predicted octanol–water partition coefficient (Wildman–Crippen LogP) is 4.61. The summed E-state index contributed by atoms with van der Waals surface area (Å²) in [6.45, 7) is 5.94. The van der Waals surface area contributed by atoms with Gasteiger partial charge in [0.25, 0.3) is 0 Å². The van der Waals surface area contributed by atoms with E-state index >= 15 is 0 Å². The second-order valence-electron chi connectivity index (χ2n) is 6.81. The standard InChI is InChI=1S/C21H25FN2O/c1-15-8-9-17(16(2)14-15)10-11-20(25)23-21-18(22)6-5-7-19(21)24-12-3-4-13-24/h5-9,14H,3-4,10-13H2,1-2H3,(H,23,25). The molecular weight excluding hydrogens is 315 g/mol. The molecule has 0 unspecified atom stereocenters. The van der Waals surface area contributed by atoms with Gasteiger partial charge in [0.2, 0.25) is 5.91 Å². The average Bonchev–Trinajstić information content (AvgIpc) is 3.10. The van der Waals surface area contributed by atoms with Crippen LogP contribution in [-0.2, 0) is 11.2 Å². The van der Waals surface area contributed by atoms with Crippen LogP contribution < -0.4 is 10.2 Å². The molecular formula is C21H25FN2O. The Morgan fingerprint density at radius 2 is 1.92 bits per heavy atom. The maximum absolute atomic E-state index is 14.3. The van der Waals surface area contributed by atoms with Crippen LogP contribution >= 0.6 is 0 Å². The normalized spacial score (nSPS) is 14.0. The number of carbonyl (C=O) groups is 1. The fourth-order valence-corrected chi connectivity index (χ4v) is 3.43. The van der Waals surface area contributed by atoms with Crippen LogP contribution in [-0.4, -0.2) is 19.0 Å². The fraction of sp³-hybridized carbons (Fsp3) is 0.381. The number of nitrogens with one attached hydrogen (secondary N) is 1. The van der Waals surface area contributed by atoms with Crippen LogP contribution in [0.1, 0.15) is 36.0 Å². The van der Waals surface area contributed by atoms with E-state index in [1.807, 2.05) is 6.07 Å². The molecule has 2 aromatic carbocycles. The first-order valence-corrected chi connectivity index (χ1v) is 8.94. The number of rotatable bonds is 5. The summed E-state index contributed by atoms with van der Waals surface area (Å²) < 4.78 is 14.3. The van der Waals surface area contributed by atoms with Crippen LogP contribution in [0.25, 0.3) is 0 Å². The number of benzene rings is 2. The molecule has 1 N–H and O–H groups in total. The number of halogens is 1. The van der Waals surface area contributed by atoms with Gasteiger partial charge in [0, 0.05) is 19.5 Å². The van der Waals surface area contributed by atoms with Crippen molar-refractivity contribution in [2.75, 3.05) is 23.3 Å². The molecule has 25 heavy (non-hydrogen) atoms. The van der Waals surface area contributed by atoms with Crippen molar-refractivity contribution in [3.8, 4) is 0 Å². The van der Waals surface area contributed by atoms with E-state index < -0.39 is 0 Å². The first-order chi connectivity index (χ1) is 12.0. The Kier molecular flexibility index (Phi) is 5.37. The van der Waals surface area contributed by atoms with Gasteiger partial charge < -0.3 is 10.2 Å². The Labute approximate surface area is 148 Å². The van der Waals surface area contributed by atoms with Gasteiger partial charge in [0.15, 0.2) is 0 Å². The number of carbonyl (C=O) groups excluding carboxylic acids is 1. The lowest BCUT2D eigenvalue weighted by atomic mass is 10.0. The Morgan fingerprint density at radius 3 is 2.64 bits per heavy atom. The summed E-state index contributed by atoms with van der Waals surface area (Å²) in [5, 5.41) is 2.80. The monoisotopic (exact) mass is 340 g/mol. The molecule has 0 radical (unpaired) electrons. The lowest BCUT2D eigenvalue weighted by Crippen LogP contribution is -2.22. The zero-order valence-electron chi connectivity index (χ0n) is 14.9. The third-order valence-electron chi connectivity index (χ3n) is 4.82. The lowest BCUT2D eigenvalue weighted by molar-refractivity contribution is -0.116. The molecule has 1 aliphatic heterocycles. The zero-order valence-corrected chi connectivity index (χ0v) is 14.9. The van der Waals surface area contributed by atoms with Crippen LogP contribution in [0.4, 0.5) is 15.8 Å². The molecule has 1 saturated heterocycles. The minimum Gasteiger partial charge on any atom is -0.370 e. The van der Waals surface area contributed by atoms with E-state index in [1.165, 1.54) is 17.2 Å². The van der Waals surface area contributed by atoms with Crippen molar-refractivity contribution in [1.82, 2.24) is 0 Å². The topological polar surface area (TPSA) is 32.3 Å². The van der Waals surface area contributed by atoms with E-state index in [1.54, 1.807) is 6.07 Å². The molecule has 0 atom stereocenters. The van der Waals surface area contributed by atoms with Gasteiger partial charge in [0.05, 0.1) is 5.69 Å². The van der Waals surface area contributed by atoms with Gasteiger partial charge in [-0.1, -0.05) is 29.8 Å². The fourth-order valence-electron chi connectivity index (χ4n) is 3.43. The Balaban J connectivity index is 1.68. The van der Waals surface area contributed by atoms with Gasteiger partial charge in [-0.2, -0.15) is 0 Å². The molecule has 2 aromatic rings. The van der Waals surface area contributed by atoms with E-state index in [9.17, 15) is 9.18 Å². The molecule has 1 heterocycles. The minimum atomic E-state index is -0.371. The number of amides is 1. The highest BCUT2D eigenvalue weighted by atomic mass is 19.1. The van der Waals surface area contributed by atoms with Gasteiger partial charge >= 0.3 is 0 Å². The molecule has 132 valence electrons. The highest BCUT2D eigenvalue weighted by Crippen LogP contribution is 2.31. The molecule has 0 aromatic heterocycles. The molecule has 1 aliphatic rings. The molecule has 1 amide bonds. The van der Waals surface area contributed by atoms with Crippen molar-refractivity contribution in [2.45, 2.75) is 39.5 Å². The highest BCUT2D eigenvalue weighted by Gasteiger charge is 2.19. The molecule has 3 rings (SSSR count). The summed E-state index contributed by atoms with van der Waals surface area (Å²) in [6, 6.07) is 11.2. The summed E-state index contributed by atoms with van der Waals surface area (Å²) in [5.74, 6) is -0.519. The van der Waals surface area contributed by atoms with Crippen LogP contribution in [0.2, 0.25) is 0 Å². The SMILES string of the molecule is Cc1ccc(CCC(=O)Nc2c(F)cccc2N2CCCC2)c(C)c1. The number of anilines is 2. The minimum absolute atomic E-state index is 0.148. The van der Waals surface area contributed by atoms with E-state index in [0.29, 0.717) is 18.5 Å². The molecule has 0 aliphatic carbocycles. The summed E-state index contributed by atoms with van der Waals surface area (Å²) in [5.41, 5.74) is 4.67. The molecule has 1 fully saturated rings. The van der Waals surface area contributed by atoms with E-state index in [-0.39, 0.29) is 11.7 Å². The van der Waals surface area contributed by atoms with E-state index in [4.69, 9.17) is 0 Å². The maximum atomic E-state index is 14.3. The number of hydrogen-bond acceptors (Lipinski definition) is 2. The summed E-state index contributed by atoms with van der Waals surface area (Å²) in [4.78, 5) is 14.5.